The van der Waals surface area contributed by atoms with E-state index in [4.69, 9.17) is 4.74 Å². The van der Waals surface area contributed by atoms with Gasteiger partial charge in [0.05, 0.1) is 0 Å². The van der Waals surface area contributed by atoms with Crippen LogP contribution in [0, 0.1) is 0 Å². The molecule has 82 valence electrons. The summed E-state index contributed by atoms with van der Waals surface area (Å²) in [6, 6.07) is 6.55. The molecule has 1 aromatic heterocycles. The summed E-state index contributed by atoms with van der Waals surface area (Å²) in [7, 11) is 0. The van der Waals surface area contributed by atoms with E-state index in [1.807, 2.05) is 0 Å². The SMILES string of the molecule is CC(=O)Oc1ccccc1-n1nn[nH]c1=O. The summed E-state index contributed by atoms with van der Waals surface area (Å²) in [6.45, 7) is 1.28. The van der Waals surface area contributed by atoms with Crippen LogP contribution in [0.4, 0.5) is 0 Å². The lowest BCUT2D eigenvalue weighted by Gasteiger charge is -2.06. The Bertz CT molecular complexity index is 572. The number of hydrogen-bond donors (Lipinski definition) is 1. The molecule has 1 N–H and O–H groups in total. The molecule has 0 unspecified atom stereocenters. The zero-order valence-corrected chi connectivity index (χ0v) is 8.38. The number of aromatic nitrogens is 4. The van der Waals surface area contributed by atoms with E-state index in [2.05, 4.69) is 15.5 Å². The van der Waals surface area contributed by atoms with Crippen molar-refractivity contribution in [1.29, 1.82) is 0 Å². The van der Waals surface area contributed by atoms with Crippen LogP contribution in [0.3, 0.4) is 0 Å². The Kier molecular flexibility index (Phi) is 2.50. The molecule has 0 radical (unpaired) electrons. The summed E-state index contributed by atoms with van der Waals surface area (Å²) in [5.41, 5.74) is -0.143. The van der Waals surface area contributed by atoms with Gasteiger partial charge in [-0.05, 0) is 22.6 Å². The number of nitrogens with zero attached hydrogens (tertiary/aromatic N) is 3. The first-order valence-electron chi connectivity index (χ1n) is 4.46. The normalized spacial score (nSPS) is 10.1. The molecule has 7 nitrogen and oxygen atoms in total. The molecule has 0 spiro atoms. The van der Waals surface area contributed by atoms with Crippen LogP contribution in [0.25, 0.3) is 5.69 Å². The van der Waals surface area contributed by atoms with Crippen LogP contribution < -0.4 is 10.4 Å². The number of aromatic amines is 1. The lowest BCUT2D eigenvalue weighted by Crippen LogP contribution is -2.17. The first-order chi connectivity index (χ1) is 7.68. The maximum absolute atomic E-state index is 11.3. The van der Waals surface area contributed by atoms with Crippen molar-refractivity contribution < 1.29 is 9.53 Å². The Hall–Kier alpha value is -2.44. The fourth-order valence-electron chi connectivity index (χ4n) is 1.23. The standard InChI is InChI=1S/C9H8N4O3/c1-6(14)16-8-5-3-2-4-7(8)13-9(15)10-11-12-13/h2-5H,1H3,(H,10,12,15). The minimum Gasteiger partial charge on any atom is -0.424 e. The monoisotopic (exact) mass is 220 g/mol. The van der Waals surface area contributed by atoms with Gasteiger partial charge >= 0.3 is 11.7 Å². The number of rotatable bonds is 2. The minimum atomic E-state index is -0.500. The summed E-state index contributed by atoms with van der Waals surface area (Å²) in [4.78, 5) is 22.2. The van der Waals surface area contributed by atoms with Gasteiger partial charge < -0.3 is 4.74 Å². The Morgan fingerprint density at radius 1 is 1.44 bits per heavy atom. The van der Waals surface area contributed by atoms with Crippen molar-refractivity contribution >= 4 is 5.97 Å². The topological polar surface area (TPSA) is 89.9 Å². The van der Waals surface area contributed by atoms with E-state index in [1.54, 1.807) is 24.3 Å². The smallest absolute Gasteiger partial charge is 0.365 e. The van der Waals surface area contributed by atoms with Crippen molar-refractivity contribution in [2.24, 2.45) is 0 Å². The quantitative estimate of drug-likeness (QED) is 0.563. The van der Waals surface area contributed by atoms with Crippen LogP contribution in [0.5, 0.6) is 5.75 Å². The summed E-state index contributed by atoms with van der Waals surface area (Å²) < 4.78 is 5.96. The van der Waals surface area contributed by atoms with Crippen LogP contribution in [0.2, 0.25) is 0 Å². The third-order valence-corrected chi connectivity index (χ3v) is 1.82. The van der Waals surface area contributed by atoms with E-state index >= 15 is 0 Å². The number of nitrogens with one attached hydrogen (secondary N) is 1. The molecular weight excluding hydrogens is 212 g/mol. The molecule has 1 aromatic carbocycles. The fourth-order valence-corrected chi connectivity index (χ4v) is 1.23. The van der Waals surface area contributed by atoms with E-state index in [1.165, 1.54) is 6.92 Å². The molecule has 2 aromatic rings. The molecule has 0 saturated heterocycles. The zero-order chi connectivity index (χ0) is 11.5. The van der Waals surface area contributed by atoms with Crippen LogP contribution in [-0.4, -0.2) is 26.2 Å². The Morgan fingerprint density at radius 3 is 2.81 bits per heavy atom. The molecule has 0 saturated carbocycles. The van der Waals surface area contributed by atoms with Crippen LogP contribution in [-0.2, 0) is 4.79 Å². The molecule has 1 heterocycles. The van der Waals surface area contributed by atoms with Crippen LogP contribution in [0.1, 0.15) is 6.92 Å². The van der Waals surface area contributed by atoms with E-state index in [0.717, 1.165) is 4.68 Å². The highest BCUT2D eigenvalue weighted by atomic mass is 16.5. The van der Waals surface area contributed by atoms with E-state index in [0.29, 0.717) is 5.69 Å². The third-order valence-electron chi connectivity index (χ3n) is 1.82. The van der Waals surface area contributed by atoms with Crippen molar-refractivity contribution in [1.82, 2.24) is 20.2 Å². The number of benzene rings is 1. The first kappa shape index (κ1) is 10.1. The molecule has 0 aliphatic rings. The molecule has 0 atom stereocenters. The molecule has 0 aliphatic carbocycles. The average molecular weight is 220 g/mol. The highest BCUT2D eigenvalue weighted by molar-refractivity contribution is 5.70. The van der Waals surface area contributed by atoms with Gasteiger partial charge in [0.1, 0.15) is 5.69 Å². The zero-order valence-electron chi connectivity index (χ0n) is 8.38. The van der Waals surface area contributed by atoms with Gasteiger partial charge in [0.2, 0.25) is 0 Å². The van der Waals surface area contributed by atoms with Crippen molar-refractivity contribution in [3.63, 3.8) is 0 Å². The minimum absolute atomic E-state index is 0.256. The van der Waals surface area contributed by atoms with Crippen molar-refractivity contribution in [3.8, 4) is 11.4 Å². The van der Waals surface area contributed by atoms with Crippen molar-refractivity contribution in [2.75, 3.05) is 0 Å². The average Bonchev–Trinajstić information content (AvgIpc) is 2.64. The second-order valence-corrected chi connectivity index (χ2v) is 2.98. The number of ether oxygens (including phenoxy) is 1. The predicted octanol–water partition coefficient (Wildman–Crippen LogP) is -0.119. The second-order valence-electron chi connectivity index (χ2n) is 2.98. The van der Waals surface area contributed by atoms with Gasteiger partial charge in [0.15, 0.2) is 5.75 Å². The lowest BCUT2D eigenvalue weighted by atomic mass is 10.3. The Labute approximate surface area is 89.6 Å². The number of para-hydroxylation sites is 2. The maximum atomic E-state index is 11.3. The van der Waals surface area contributed by atoms with Crippen LogP contribution >= 0.6 is 0 Å². The van der Waals surface area contributed by atoms with Gasteiger partial charge in [-0.25, -0.2) is 9.89 Å². The van der Waals surface area contributed by atoms with Gasteiger partial charge in [-0.2, -0.15) is 4.68 Å². The Morgan fingerprint density at radius 2 is 2.19 bits per heavy atom. The first-order valence-corrected chi connectivity index (χ1v) is 4.46. The summed E-state index contributed by atoms with van der Waals surface area (Å²) >= 11 is 0. The largest absolute Gasteiger partial charge is 0.424 e. The van der Waals surface area contributed by atoms with Crippen LogP contribution in [0.15, 0.2) is 29.1 Å². The maximum Gasteiger partial charge on any atom is 0.365 e. The molecule has 0 fully saturated rings. The molecule has 0 aliphatic heterocycles. The lowest BCUT2D eigenvalue weighted by molar-refractivity contribution is -0.131. The van der Waals surface area contributed by atoms with Gasteiger partial charge in [-0.3, -0.25) is 4.79 Å². The predicted molar refractivity (Wildman–Crippen MR) is 53.3 cm³/mol. The fraction of sp³-hybridized carbons (Fsp3) is 0.111. The molecule has 7 heteroatoms. The number of H-pyrrole nitrogens is 1. The van der Waals surface area contributed by atoms with Gasteiger partial charge in [-0.1, -0.05) is 12.1 Å². The highest BCUT2D eigenvalue weighted by Crippen LogP contribution is 2.20. The number of carbonyl (C=O) groups excluding carboxylic acids is 1. The van der Waals surface area contributed by atoms with Gasteiger partial charge in [0, 0.05) is 6.92 Å². The molecule has 16 heavy (non-hydrogen) atoms. The van der Waals surface area contributed by atoms with E-state index < -0.39 is 11.7 Å². The summed E-state index contributed by atoms with van der Waals surface area (Å²) in [5, 5.41) is 9.07. The molecule has 2 rings (SSSR count). The number of carbonyl (C=O) groups is 1. The molecule has 0 bridgehead atoms. The van der Waals surface area contributed by atoms with E-state index in [9.17, 15) is 9.59 Å². The van der Waals surface area contributed by atoms with Crippen molar-refractivity contribution in [2.45, 2.75) is 6.92 Å². The second kappa shape index (κ2) is 3.97. The Balaban J connectivity index is 2.53. The molecule has 0 amide bonds. The highest BCUT2D eigenvalue weighted by Gasteiger charge is 2.10. The van der Waals surface area contributed by atoms with Gasteiger partial charge in [-0.15, -0.1) is 0 Å². The van der Waals surface area contributed by atoms with Crippen molar-refractivity contribution in [3.05, 3.63) is 34.7 Å². The number of hydrogen-bond acceptors (Lipinski definition) is 5. The third kappa shape index (κ3) is 1.83. The number of esters is 1. The molecular formula is C9H8N4O3. The van der Waals surface area contributed by atoms with E-state index in [-0.39, 0.29) is 5.75 Å². The van der Waals surface area contributed by atoms with Gasteiger partial charge in [0.25, 0.3) is 0 Å². The summed E-state index contributed by atoms with van der Waals surface area (Å²) in [5.74, 6) is -0.213. The number of tetrazole rings is 1. The summed E-state index contributed by atoms with van der Waals surface area (Å²) in [6.07, 6.45) is 0.